The second kappa shape index (κ2) is 7.27. The molecule has 0 saturated carbocycles. The van der Waals surface area contributed by atoms with Crippen molar-refractivity contribution in [3.63, 3.8) is 0 Å². The molecule has 1 saturated heterocycles. The van der Waals surface area contributed by atoms with Gasteiger partial charge in [0, 0.05) is 12.5 Å². The Kier molecular flexibility index (Phi) is 5.39. The summed E-state index contributed by atoms with van der Waals surface area (Å²) in [4.78, 5) is 13.3. The molecule has 21 heavy (non-hydrogen) atoms. The van der Waals surface area contributed by atoms with Crippen molar-refractivity contribution in [1.29, 1.82) is 0 Å². The average molecular weight is 289 g/mol. The molecule has 3 rings (SSSR count). The van der Waals surface area contributed by atoms with E-state index in [0.717, 1.165) is 24.5 Å². The predicted molar refractivity (Wildman–Crippen MR) is 82.8 cm³/mol. The van der Waals surface area contributed by atoms with Crippen LogP contribution < -0.4 is 9.47 Å². The lowest BCUT2D eigenvalue weighted by atomic mass is 9.90. The third-order valence-electron chi connectivity index (χ3n) is 4.10. The zero-order chi connectivity index (χ0) is 15.2. The predicted octanol–water partition coefficient (Wildman–Crippen LogP) is 2.54. The monoisotopic (exact) mass is 289 g/mol. The molecule has 1 heterocycles. The number of rotatable bonds is 2. The molecule has 1 fully saturated rings. The fraction of sp³-hybridized carbons (Fsp3) is 0.471. The highest BCUT2D eigenvalue weighted by Crippen LogP contribution is 2.29. The van der Waals surface area contributed by atoms with Crippen molar-refractivity contribution in [2.75, 3.05) is 27.8 Å². The minimum absolute atomic E-state index is 0.292. The molecule has 4 nitrogen and oxygen atoms in total. The number of para-hydroxylation sites is 2. The summed E-state index contributed by atoms with van der Waals surface area (Å²) in [5.74, 6) is 2.48. The van der Waals surface area contributed by atoms with Gasteiger partial charge in [0.25, 0.3) is 0 Å². The van der Waals surface area contributed by atoms with Crippen molar-refractivity contribution in [2.24, 2.45) is 5.92 Å². The molecule has 2 aliphatic rings. The molecule has 2 unspecified atom stereocenters. The van der Waals surface area contributed by atoms with Crippen LogP contribution >= 0.6 is 0 Å². The maximum absolute atomic E-state index is 11.0. The van der Waals surface area contributed by atoms with E-state index in [2.05, 4.69) is 18.0 Å². The standard InChI is InChI=1S/C9H13NO.C8H10O2/c1-10-5-4-7-2-3-8(11)6-9(7)10;1-9-7-5-3-4-6-8(7)10-2/h2-3,7,9H,4-6H2,1H3;3-6H,1-2H3. The number of nitrogens with zero attached hydrogens (tertiary/aromatic N) is 1. The van der Waals surface area contributed by atoms with Gasteiger partial charge in [-0.2, -0.15) is 0 Å². The molecule has 114 valence electrons. The molecule has 2 atom stereocenters. The summed E-state index contributed by atoms with van der Waals surface area (Å²) in [7, 11) is 5.35. The van der Waals surface area contributed by atoms with Gasteiger partial charge in [0.2, 0.25) is 0 Å². The number of carbonyl (C=O) groups is 1. The van der Waals surface area contributed by atoms with E-state index in [0.29, 0.717) is 17.7 Å². The van der Waals surface area contributed by atoms with E-state index in [9.17, 15) is 4.79 Å². The highest BCUT2D eigenvalue weighted by molar-refractivity contribution is 5.91. The Morgan fingerprint density at radius 1 is 1.14 bits per heavy atom. The van der Waals surface area contributed by atoms with Crippen molar-refractivity contribution in [1.82, 2.24) is 4.90 Å². The van der Waals surface area contributed by atoms with Crippen LogP contribution in [-0.2, 0) is 4.79 Å². The number of ketones is 1. The highest BCUT2D eigenvalue weighted by atomic mass is 16.5. The Labute approximate surface area is 126 Å². The van der Waals surface area contributed by atoms with E-state index in [4.69, 9.17) is 9.47 Å². The van der Waals surface area contributed by atoms with Gasteiger partial charge in [0.15, 0.2) is 17.3 Å². The largest absolute Gasteiger partial charge is 0.493 e. The van der Waals surface area contributed by atoms with E-state index in [1.54, 1.807) is 20.3 Å². The molecule has 0 aromatic heterocycles. The Hall–Kier alpha value is -1.81. The van der Waals surface area contributed by atoms with Gasteiger partial charge in [-0.15, -0.1) is 0 Å². The van der Waals surface area contributed by atoms with Gasteiger partial charge in [-0.3, -0.25) is 4.79 Å². The van der Waals surface area contributed by atoms with Crippen molar-refractivity contribution < 1.29 is 14.3 Å². The number of methoxy groups -OCH3 is 2. The lowest BCUT2D eigenvalue weighted by Gasteiger charge is -2.24. The zero-order valence-electron chi connectivity index (χ0n) is 12.9. The summed E-state index contributed by atoms with van der Waals surface area (Å²) in [6, 6.07) is 8.04. The van der Waals surface area contributed by atoms with Crippen LogP contribution in [0.15, 0.2) is 36.4 Å². The first-order valence-corrected chi connectivity index (χ1v) is 7.24. The first kappa shape index (κ1) is 15.6. The van der Waals surface area contributed by atoms with Gasteiger partial charge in [0.05, 0.1) is 14.2 Å². The maximum Gasteiger partial charge on any atom is 0.160 e. The number of fused-ring (bicyclic) bond motifs is 1. The number of benzene rings is 1. The molecule has 4 heteroatoms. The molecule has 1 aliphatic carbocycles. The Morgan fingerprint density at radius 2 is 1.76 bits per heavy atom. The average Bonchev–Trinajstić information content (AvgIpc) is 2.88. The quantitative estimate of drug-likeness (QED) is 0.838. The summed E-state index contributed by atoms with van der Waals surface area (Å²) in [6.45, 7) is 1.15. The first-order chi connectivity index (χ1) is 10.2. The molecular formula is C17H23NO3. The zero-order valence-corrected chi connectivity index (χ0v) is 12.9. The normalized spacial score (nSPS) is 24.0. The lowest BCUT2D eigenvalue weighted by molar-refractivity contribution is -0.116. The van der Waals surface area contributed by atoms with Crippen LogP contribution in [0.2, 0.25) is 0 Å². The summed E-state index contributed by atoms with van der Waals surface area (Å²) in [5.41, 5.74) is 0. The van der Waals surface area contributed by atoms with Crippen LogP contribution in [0.25, 0.3) is 0 Å². The van der Waals surface area contributed by atoms with Gasteiger partial charge < -0.3 is 14.4 Å². The van der Waals surface area contributed by atoms with E-state index in [1.165, 1.54) is 6.42 Å². The fourth-order valence-electron chi connectivity index (χ4n) is 2.86. The molecule has 0 radical (unpaired) electrons. The number of likely N-dealkylation sites (tertiary alicyclic amines) is 1. The first-order valence-electron chi connectivity index (χ1n) is 7.24. The van der Waals surface area contributed by atoms with Crippen LogP contribution in [0, 0.1) is 5.92 Å². The Bertz CT molecular complexity index is 490. The molecule has 1 aliphatic heterocycles. The number of allylic oxidation sites excluding steroid dienone is 1. The van der Waals surface area contributed by atoms with Crippen molar-refractivity contribution in [2.45, 2.75) is 18.9 Å². The molecule has 1 aromatic carbocycles. The summed E-state index contributed by atoms with van der Waals surface area (Å²) in [6.07, 6.45) is 5.79. The van der Waals surface area contributed by atoms with Crippen LogP contribution in [0.4, 0.5) is 0 Å². The van der Waals surface area contributed by atoms with Gasteiger partial charge in [-0.05, 0) is 44.1 Å². The molecular weight excluding hydrogens is 266 g/mol. The number of hydrogen-bond acceptors (Lipinski definition) is 4. The fourth-order valence-corrected chi connectivity index (χ4v) is 2.86. The van der Waals surface area contributed by atoms with Crippen molar-refractivity contribution >= 4 is 5.78 Å². The van der Waals surface area contributed by atoms with Crippen LogP contribution in [0.5, 0.6) is 11.5 Å². The topological polar surface area (TPSA) is 38.8 Å². The second-order valence-electron chi connectivity index (χ2n) is 5.39. The number of ether oxygens (including phenoxy) is 2. The van der Waals surface area contributed by atoms with Crippen LogP contribution in [0.3, 0.4) is 0 Å². The summed E-state index contributed by atoms with van der Waals surface area (Å²) < 4.78 is 10.0. The maximum atomic E-state index is 11.0. The number of carbonyl (C=O) groups excluding carboxylic acids is 1. The van der Waals surface area contributed by atoms with Crippen molar-refractivity contribution in [3.8, 4) is 11.5 Å². The molecule has 1 aromatic rings. The summed E-state index contributed by atoms with van der Waals surface area (Å²) >= 11 is 0. The third-order valence-corrected chi connectivity index (χ3v) is 4.10. The molecule has 0 bridgehead atoms. The van der Waals surface area contributed by atoms with Crippen LogP contribution in [-0.4, -0.2) is 44.5 Å². The third kappa shape index (κ3) is 3.85. The lowest BCUT2D eigenvalue weighted by Crippen LogP contribution is -2.32. The minimum Gasteiger partial charge on any atom is -0.493 e. The van der Waals surface area contributed by atoms with E-state index in [1.807, 2.05) is 24.3 Å². The molecule has 0 N–H and O–H groups in total. The highest BCUT2D eigenvalue weighted by Gasteiger charge is 2.33. The van der Waals surface area contributed by atoms with Gasteiger partial charge in [-0.25, -0.2) is 0 Å². The number of hydrogen-bond donors (Lipinski definition) is 0. The van der Waals surface area contributed by atoms with Gasteiger partial charge in [0.1, 0.15) is 0 Å². The smallest absolute Gasteiger partial charge is 0.160 e. The van der Waals surface area contributed by atoms with Gasteiger partial charge >= 0.3 is 0 Å². The Morgan fingerprint density at radius 3 is 2.33 bits per heavy atom. The molecule has 0 amide bonds. The van der Waals surface area contributed by atoms with Crippen LogP contribution in [0.1, 0.15) is 12.8 Å². The Balaban J connectivity index is 0.000000155. The van der Waals surface area contributed by atoms with E-state index in [-0.39, 0.29) is 0 Å². The van der Waals surface area contributed by atoms with E-state index >= 15 is 0 Å². The summed E-state index contributed by atoms with van der Waals surface area (Å²) in [5, 5.41) is 0. The minimum atomic E-state index is 0.292. The SMILES string of the molecule is CN1CCC2C=CC(=O)CC21.COc1ccccc1OC. The van der Waals surface area contributed by atoms with E-state index < -0.39 is 0 Å². The molecule has 0 spiro atoms. The van der Waals surface area contributed by atoms with Gasteiger partial charge in [-0.1, -0.05) is 18.2 Å². The second-order valence-corrected chi connectivity index (χ2v) is 5.39. The van der Waals surface area contributed by atoms with Crippen molar-refractivity contribution in [3.05, 3.63) is 36.4 Å².